The monoisotopic (exact) mass is 287 g/mol. The van der Waals surface area contributed by atoms with Gasteiger partial charge in [0.25, 0.3) is 0 Å². The van der Waals surface area contributed by atoms with Gasteiger partial charge in [-0.1, -0.05) is 23.6 Å². The highest BCUT2D eigenvalue weighted by Crippen LogP contribution is 2.33. The van der Waals surface area contributed by atoms with Crippen molar-refractivity contribution in [2.24, 2.45) is 0 Å². The van der Waals surface area contributed by atoms with Crippen LogP contribution in [0.15, 0.2) is 18.2 Å². The fraction of sp³-hybridized carbons (Fsp3) is 0.308. The third kappa shape index (κ3) is 5.26. The fourth-order valence-electron chi connectivity index (χ4n) is 1.31. The second kappa shape index (κ2) is 6.53. The van der Waals surface area contributed by atoms with Crippen molar-refractivity contribution >= 4 is 22.6 Å². The Morgan fingerprint density at radius 1 is 1.42 bits per heavy atom. The standard InChI is InChI=1S/C13H12F3NOS/c1-9(18)19-7-3-2-4-10-5-6-11(12(17)8-10)13(14,15)16/h5-6,8H,3,7,17H2,1H3. The first kappa shape index (κ1) is 15.4. The minimum absolute atomic E-state index is 0.0144. The van der Waals surface area contributed by atoms with Crippen molar-refractivity contribution < 1.29 is 18.0 Å². The molecule has 1 rings (SSSR count). The van der Waals surface area contributed by atoms with Crippen LogP contribution in [-0.4, -0.2) is 10.9 Å². The quantitative estimate of drug-likeness (QED) is 0.515. The predicted molar refractivity (Wildman–Crippen MR) is 70.5 cm³/mol. The van der Waals surface area contributed by atoms with Gasteiger partial charge in [0.1, 0.15) is 0 Å². The minimum Gasteiger partial charge on any atom is -0.398 e. The van der Waals surface area contributed by atoms with Crippen LogP contribution in [0.25, 0.3) is 0 Å². The molecule has 0 bridgehead atoms. The maximum Gasteiger partial charge on any atom is 0.418 e. The molecule has 0 atom stereocenters. The van der Waals surface area contributed by atoms with Crippen molar-refractivity contribution in [3.8, 4) is 11.8 Å². The normalized spacial score (nSPS) is 10.7. The van der Waals surface area contributed by atoms with Gasteiger partial charge in [0, 0.05) is 30.3 Å². The molecular formula is C13H12F3NOS. The van der Waals surface area contributed by atoms with Crippen molar-refractivity contribution in [3.05, 3.63) is 29.3 Å². The van der Waals surface area contributed by atoms with E-state index in [0.29, 0.717) is 17.7 Å². The van der Waals surface area contributed by atoms with E-state index in [1.807, 2.05) is 0 Å². The molecule has 0 amide bonds. The molecule has 6 heteroatoms. The summed E-state index contributed by atoms with van der Waals surface area (Å²) in [6, 6.07) is 3.40. The molecule has 0 aliphatic carbocycles. The molecule has 0 saturated heterocycles. The van der Waals surface area contributed by atoms with E-state index in [4.69, 9.17) is 5.73 Å². The summed E-state index contributed by atoms with van der Waals surface area (Å²) in [6.07, 6.45) is -3.96. The molecule has 0 saturated carbocycles. The number of halogens is 3. The summed E-state index contributed by atoms with van der Waals surface area (Å²) in [5, 5.41) is 0.0144. The molecule has 102 valence electrons. The summed E-state index contributed by atoms with van der Waals surface area (Å²) < 4.78 is 37.4. The van der Waals surface area contributed by atoms with E-state index in [-0.39, 0.29) is 10.8 Å². The van der Waals surface area contributed by atoms with Crippen LogP contribution < -0.4 is 5.73 Å². The van der Waals surface area contributed by atoms with E-state index in [9.17, 15) is 18.0 Å². The highest BCUT2D eigenvalue weighted by atomic mass is 32.2. The van der Waals surface area contributed by atoms with Crippen LogP contribution in [0, 0.1) is 11.8 Å². The first-order valence-electron chi connectivity index (χ1n) is 5.39. The summed E-state index contributed by atoms with van der Waals surface area (Å²) in [5.74, 6) is 6.07. The molecule has 0 heterocycles. The molecule has 0 aliphatic heterocycles. The van der Waals surface area contributed by atoms with Crippen molar-refractivity contribution in [1.82, 2.24) is 0 Å². The van der Waals surface area contributed by atoms with E-state index in [0.717, 1.165) is 17.8 Å². The zero-order valence-corrected chi connectivity index (χ0v) is 11.0. The number of nitrogen functional groups attached to an aromatic ring is 1. The highest BCUT2D eigenvalue weighted by molar-refractivity contribution is 8.13. The Bertz CT molecular complexity index is 529. The zero-order chi connectivity index (χ0) is 14.5. The van der Waals surface area contributed by atoms with E-state index < -0.39 is 11.7 Å². The van der Waals surface area contributed by atoms with E-state index in [1.54, 1.807) is 0 Å². The van der Waals surface area contributed by atoms with Gasteiger partial charge in [-0.05, 0) is 18.2 Å². The van der Waals surface area contributed by atoms with Gasteiger partial charge in [-0.25, -0.2) is 0 Å². The number of hydrogen-bond donors (Lipinski definition) is 1. The lowest BCUT2D eigenvalue weighted by atomic mass is 10.1. The SMILES string of the molecule is CC(=O)SCCC#Cc1ccc(C(F)(F)F)c(N)c1. The average molecular weight is 287 g/mol. The number of thioether (sulfide) groups is 1. The third-order valence-corrected chi connectivity index (χ3v) is 2.94. The molecule has 1 aromatic rings. The van der Waals surface area contributed by atoms with Gasteiger partial charge in [-0.2, -0.15) is 13.2 Å². The van der Waals surface area contributed by atoms with Crippen LogP contribution in [0.2, 0.25) is 0 Å². The predicted octanol–water partition coefficient (Wildman–Crippen LogP) is 3.31. The Morgan fingerprint density at radius 2 is 2.11 bits per heavy atom. The number of alkyl halides is 3. The van der Waals surface area contributed by atoms with Gasteiger partial charge in [0.05, 0.1) is 5.56 Å². The topological polar surface area (TPSA) is 43.1 Å². The molecule has 0 aliphatic rings. The van der Waals surface area contributed by atoms with E-state index >= 15 is 0 Å². The van der Waals surface area contributed by atoms with Crippen LogP contribution in [-0.2, 0) is 11.0 Å². The van der Waals surface area contributed by atoms with Crippen LogP contribution in [0.4, 0.5) is 18.9 Å². The Morgan fingerprint density at radius 3 is 2.63 bits per heavy atom. The Kier molecular flexibility index (Phi) is 5.31. The van der Waals surface area contributed by atoms with Crippen molar-refractivity contribution in [2.45, 2.75) is 19.5 Å². The molecule has 0 fully saturated rings. The lowest BCUT2D eigenvalue weighted by Crippen LogP contribution is -2.08. The van der Waals surface area contributed by atoms with Gasteiger partial charge in [-0.15, -0.1) is 0 Å². The average Bonchev–Trinajstić information content (AvgIpc) is 2.26. The number of rotatable bonds is 2. The third-order valence-electron chi connectivity index (χ3n) is 2.12. The maximum absolute atomic E-state index is 12.5. The molecule has 19 heavy (non-hydrogen) atoms. The summed E-state index contributed by atoms with van der Waals surface area (Å²) in [7, 11) is 0. The smallest absolute Gasteiger partial charge is 0.398 e. The number of benzene rings is 1. The second-order valence-electron chi connectivity index (χ2n) is 3.69. The first-order chi connectivity index (χ1) is 8.80. The number of hydrogen-bond acceptors (Lipinski definition) is 3. The fourth-order valence-corrected chi connectivity index (χ4v) is 1.80. The van der Waals surface area contributed by atoms with Crippen molar-refractivity contribution in [3.63, 3.8) is 0 Å². The number of nitrogens with two attached hydrogens (primary N) is 1. The molecule has 0 unspecified atom stereocenters. The Hall–Kier alpha value is -1.61. The van der Waals surface area contributed by atoms with Crippen LogP contribution >= 0.6 is 11.8 Å². The van der Waals surface area contributed by atoms with Crippen molar-refractivity contribution in [2.75, 3.05) is 11.5 Å². The summed E-state index contributed by atoms with van der Waals surface area (Å²) in [5.41, 5.74) is 4.58. The number of carbonyl (C=O) groups is 1. The molecule has 2 nitrogen and oxygen atoms in total. The Labute approximate surface area is 113 Å². The first-order valence-corrected chi connectivity index (χ1v) is 6.38. The molecule has 1 aromatic carbocycles. The van der Waals surface area contributed by atoms with Gasteiger partial charge >= 0.3 is 6.18 Å². The lowest BCUT2D eigenvalue weighted by molar-refractivity contribution is -0.136. The molecule has 2 N–H and O–H groups in total. The highest BCUT2D eigenvalue weighted by Gasteiger charge is 2.32. The van der Waals surface area contributed by atoms with Gasteiger partial charge in [0.15, 0.2) is 5.12 Å². The van der Waals surface area contributed by atoms with Crippen LogP contribution in [0.3, 0.4) is 0 Å². The minimum atomic E-state index is -4.45. The molecule has 0 radical (unpaired) electrons. The number of carbonyl (C=O) groups excluding carboxylic acids is 1. The van der Waals surface area contributed by atoms with Crippen molar-refractivity contribution in [1.29, 1.82) is 0 Å². The van der Waals surface area contributed by atoms with Gasteiger partial charge < -0.3 is 5.73 Å². The van der Waals surface area contributed by atoms with Crippen LogP contribution in [0.5, 0.6) is 0 Å². The maximum atomic E-state index is 12.5. The van der Waals surface area contributed by atoms with E-state index in [1.165, 1.54) is 19.1 Å². The largest absolute Gasteiger partial charge is 0.418 e. The molecular weight excluding hydrogens is 275 g/mol. The lowest BCUT2D eigenvalue weighted by Gasteiger charge is -2.09. The second-order valence-corrected chi connectivity index (χ2v) is 4.96. The molecule has 0 aromatic heterocycles. The van der Waals surface area contributed by atoms with E-state index in [2.05, 4.69) is 11.8 Å². The zero-order valence-electron chi connectivity index (χ0n) is 10.2. The number of anilines is 1. The summed E-state index contributed by atoms with van der Waals surface area (Å²) in [6.45, 7) is 1.47. The van der Waals surface area contributed by atoms with Gasteiger partial charge in [0.2, 0.25) is 0 Å². The Balaban J connectivity index is 2.69. The van der Waals surface area contributed by atoms with Crippen LogP contribution in [0.1, 0.15) is 24.5 Å². The summed E-state index contributed by atoms with van der Waals surface area (Å²) >= 11 is 1.16. The molecule has 0 spiro atoms. The van der Waals surface area contributed by atoms with Gasteiger partial charge in [-0.3, -0.25) is 4.79 Å². The summed E-state index contributed by atoms with van der Waals surface area (Å²) in [4.78, 5) is 10.6.